The standard InChI is InChI=1S/C20H24N6O2S/c1-4-26-19(14(2)22-16-9-5-6-10-17(16)28-3)24-25-20(26)29-13-18(27)23-15-8-7-11-21-12-15/h5-12,14,22H,4,13H2,1-3H3,(H,23,27)/t14-/m0/s1. The minimum atomic E-state index is -0.115. The van der Waals surface area contributed by atoms with Crippen molar-refractivity contribution in [1.29, 1.82) is 0 Å². The Balaban J connectivity index is 1.65. The van der Waals surface area contributed by atoms with Gasteiger partial charge in [0, 0.05) is 12.7 Å². The van der Waals surface area contributed by atoms with Gasteiger partial charge in [-0.15, -0.1) is 10.2 Å². The third-order valence-corrected chi connectivity index (χ3v) is 5.17. The largest absolute Gasteiger partial charge is 0.495 e. The monoisotopic (exact) mass is 412 g/mol. The Morgan fingerprint density at radius 2 is 2.07 bits per heavy atom. The lowest BCUT2D eigenvalue weighted by Gasteiger charge is -2.18. The molecule has 0 aliphatic carbocycles. The summed E-state index contributed by atoms with van der Waals surface area (Å²) in [6.45, 7) is 4.75. The molecule has 3 aromatic rings. The van der Waals surface area contributed by atoms with Gasteiger partial charge in [0.25, 0.3) is 0 Å². The Morgan fingerprint density at radius 3 is 2.79 bits per heavy atom. The van der Waals surface area contributed by atoms with Crippen molar-refractivity contribution in [3.05, 3.63) is 54.6 Å². The van der Waals surface area contributed by atoms with Gasteiger partial charge >= 0.3 is 0 Å². The molecule has 29 heavy (non-hydrogen) atoms. The average molecular weight is 413 g/mol. The highest BCUT2D eigenvalue weighted by atomic mass is 32.2. The summed E-state index contributed by atoms with van der Waals surface area (Å²) in [6.07, 6.45) is 3.27. The third-order valence-electron chi connectivity index (χ3n) is 4.21. The molecule has 8 nitrogen and oxygen atoms in total. The first-order valence-electron chi connectivity index (χ1n) is 9.27. The SMILES string of the molecule is CCn1c(SCC(=O)Nc2cccnc2)nnc1[C@H](C)Nc1ccccc1OC. The van der Waals surface area contributed by atoms with E-state index < -0.39 is 0 Å². The van der Waals surface area contributed by atoms with Crippen molar-refractivity contribution < 1.29 is 9.53 Å². The van der Waals surface area contributed by atoms with Crippen LogP contribution in [0.1, 0.15) is 25.7 Å². The van der Waals surface area contributed by atoms with Gasteiger partial charge < -0.3 is 19.9 Å². The van der Waals surface area contributed by atoms with E-state index in [4.69, 9.17) is 4.74 Å². The van der Waals surface area contributed by atoms with Crippen LogP contribution in [0.3, 0.4) is 0 Å². The number of benzene rings is 1. The number of rotatable bonds is 9. The Bertz CT molecular complexity index is 947. The molecule has 0 unspecified atom stereocenters. The molecule has 1 aromatic carbocycles. The summed E-state index contributed by atoms with van der Waals surface area (Å²) in [4.78, 5) is 16.2. The summed E-state index contributed by atoms with van der Waals surface area (Å²) < 4.78 is 7.41. The van der Waals surface area contributed by atoms with Crippen LogP contribution in [0.25, 0.3) is 0 Å². The van der Waals surface area contributed by atoms with E-state index in [2.05, 4.69) is 25.8 Å². The second kappa shape index (κ2) is 9.92. The number of thioether (sulfide) groups is 1. The van der Waals surface area contributed by atoms with Crippen LogP contribution in [-0.4, -0.2) is 38.5 Å². The number of hydrogen-bond donors (Lipinski definition) is 2. The molecule has 2 heterocycles. The molecule has 9 heteroatoms. The first-order chi connectivity index (χ1) is 14.1. The molecule has 0 spiro atoms. The fraction of sp³-hybridized carbons (Fsp3) is 0.300. The van der Waals surface area contributed by atoms with Crippen LogP contribution in [0.2, 0.25) is 0 Å². The maximum atomic E-state index is 12.2. The van der Waals surface area contributed by atoms with Gasteiger partial charge in [-0.2, -0.15) is 0 Å². The lowest BCUT2D eigenvalue weighted by Crippen LogP contribution is -2.16. The first kappa shape index (κ1) is 20.7. The molecule has 0 aliphatic rings. The predicted octanol–water partition coefficient (Wildman–Crippen LogP) is 3.61. The Hall–Kier alpha value is -3.07. The lowest BCUT2D eigenvalue weighted by atomic mass is 10.2. The smallest absolute Gasteiger partial charge is 0.234 e. The van der Waals surface area contributed by atoms with Gasteiger partial charge in [0.2, 0.25) is 5.91 Å². The van der Waals surface area contributed by atoms with Gasteiger partial charge in [0.15, 0.2) is 11.0 Å². The van der Waals surface area contributed by atoms with Crippen LogP contribution < -0.4 is 15.4 Å². The van der Waals surface area contributed by atoms with Crippen molar-refractivity contribution in [3.63, 3.8) is 0 Å². The van der Waals surface area contributed by atoms with Crippen LogP contribution >= 0.6 is 11.8 Å². The molecular weight excluding hydrogens is 388 g/mol. The molecular formula is C20H24N6O2S. The molecule has 152 valence electrons. The van der Waals surface area contributed by atoms with Crippen molar-refractivity contribution in [3.8, 4) is 5.75 Å². The molecule has 0 saturated carbocycles. The molecule has 0 radical (unpaired) electrons. The second-order valence-corrected chi connectivity index (χ2v) is 7.17. The molecule has 0 bridgehead atoms. The van der Waals surface area contributed by atoms with E-state index in [1.165, 1.54) is 11.8 Å². The fourth-order valence-corrected chi connectivity index (χ4v) is 3.66. The fourth-order valence-electron chi connectivity index (χ4n) is 2.85. The highest BCUT2D eigenvalue weighted by Gasteiger charge is 2.19. The maximum absolute atomic E-state index is 12.2. The van der Waals surface area contributed by atoms with Crippen molar-refractivity contribution in [1.82, 2.24) is 19.7 Å². The van der Waals surface area contributed by atoms with Crippen LogP contribution in [0.15, 0.2) is 53.9 Å². The first-order valence-corrected chi connectivity index (χ1v) is 10.3. The normalized spacial score (nSPS) is 11.7. The second-order valence-electron chi connectivity index (χ2n) is 6.23. The molecule has 1 atom stereocenters. The number of para-hydroxylation sites is 2. The minimum Gasteiger partial charge on any atom is -0.495 e. The van der Waals surface area contributed by atoms with Gasteiger partial charge in [0.05, 0.1) is 36.5 Å². The number of anilines is 2. The number of pyridine rings is 1. The highest BCUT2D eigenvalue weighted by Crippen LogP contribution is 2.28. The predicted molar refractivity (Wildman–Crippen MR) is 114 cm³/mol. The van der Waals surface area contributed by atoms with E-state index in [1.54, 1.807) is 31.6 Å². The molecule has 0 aliphatic heterocycles. The number of carbonyl (C=O) groups is 1. The number of aromatic nitrogens is 4. The minimum absolute atomic E-state index is 0.0858. The van der Waals surface area contributed by atoms with Crippen molar-refractivity contribution in [2.24, 2.45) is 0 Å². The van der Waals surface area contributed by atoms with Gasteiger partial charge in [-0.3, -0.25) is 9.78 Å². The molecule has 2 N–H and O–H groups in total. The van der Waals surface area contributed by atoms with E-state index in [0.29, 0.717) is 17.4 Å². The summed E-state index contributed by atoms with van der Waals surface area (Å²) in [7, 11) is 1.64. The Morgan fingerprint density at radius 1 is 1.24 bits per heavy atom. The Kier molecular flexibility index (Phi) is 7.07. The quantitative estimate of drug-likeness (QED) is 0.519. The summed E-state index contributed by atoms with van der Waals surface area (Å²) in [5, 5.41) is 15.6. The van der Waals surface area contributed by atoms with Crippen LogP contribution in [0, 0.1) is 0 Å². The van der Waals surface area contributed by atoms with Crippen LogP contribution in [0.4, 0.5) is 11.4 Å². The molecule has 0 saturated heterocycles. The van der Waals surface area contributed by atoms with Crippen molar-refractivity contribution >= 4 is 29.0 Å². The van der Waals surface area contributed by atoms with Crippen LogP contribution in [0.5, 0.6) is 5.75 Å². The van der Waals surface area contributed by atoms with E-state index in [0.717, 1.165) is 17.3 Å². The van der Waals surface area contributed by atoms with Gasteiger partial charge in [-0.25, -0.2) is 0 Å². The summed E-state index contributed by atoms with van der Waals surface area (Å²) in [5.41, 5.74) is 1.56. The number of carbonyl (C=O) groups excluding carboxylic acids is 1. The summed E-state index contributed by atoms with van der Waals surface area (Å²) in [5.74, 6) is 1.69. The number of amides is 1. The van der Waals surface area contributed by atoms with Crippen molar-refractivity contribution in [2.75, 3.05) is 23.5 Å². The highest BCUT2D eigenvalue weighted by molar-refractivity contribution is 7.99. The zero-order chi connectivity index (χ0) is 20.6. The number of methoxy groups -OCH3 is 1. The number of ether oxygens (including phenoxy) is 1. The summed E-state index contributed by atoms with van der Waals surface area (Å²) >= 11 is 1.36. The number of nitrogens with one attached hydrogen (secondary N) is 2. The van der Waals surface area contributed by atoms with Gasteiger partial charge in [-0.05, 0) is 38.1 Å². The van der Waals surface area contributed by atoms with Crippen molar-refractivity contribution in [2.45, 2.75) is 31.6 Å². The Labute approximate surface area is 174 Å². The molecule has 3 rings (SSSR count). The van der Waals surface area contributed by atoms with E-state index in [9.17, 15) is 4.79 Å². The van der Waals surface area contributed by atoms with E-state index in [1.807, 2.05) is 42.7 Å². The van der Waals surface area contributed by atoms with Gasteiger partial charge in [0.1, 0.15) is 5.75 Å². The molecule has 1 amide bonds. The van der Waals surface area contributed by atoms with E-state index >= 15 is 0 Å². The topological polar surface area (TPSA) is 94.0 Å². The third kappa shape index (κ3) is 5.26. The summed E-state index contributed by atoms with van der Waals surface area (Å²) in [6, 6.07) is 11.2. The zero-order valence-corrected chi connectivity index (χ0v) is 17.4. The number of hydrogen-bond acceptors (Lipinski definition) is 7. The lowest BCUT2D eigenvalue weighted by molar-refractivity contribution is -0.113. The van der Waals surface area contributed by atoms with Gasteiger partial charge in [-0.1, -0.05) is 23.9 Å². The molecule has 2 aromatic heterocycles. The molecule has 0 fully saturated rings. The zero-order valence-electron chi connectivity index (χ0n) is 16.6. The number of nitrogens with zero attached hydrogens (tertiary/aromatic N) is 4. The van der Waals surface area contributed by atoms with E-state index in [-0.39, 0.29) is 17.7 Å². The average Bonchev–Trinajstić information content (AvgIpc) is 3.16. The van der Waals surface area contributed by atoms with Crippen LogP contribution in [-0.2, 0) is 11.3 Å². The maximum Gasteiger partial charge on any atom is 0.234 e.